The molecule has 0 unspecified atom stereocenters. The summed E-state index contributed by atoms with van der Waals surface area (Å²) < 4.78 is 18.7. The minimum atomic E-state index is -0.288. The van der Waals surface area contributed by atoms with Crippen LogP contribution in [-0.4, -0.2) is 18.0 Å². The van der Waals surface area contributed by atoms with E-state index in [2.05, 4.69) is 358 Å². The van der Waals surface area contributed by atoms with E-state index >= 15 is 0 Å². The van der Waals surface area contributed by atoms with Gasteiger partial charge in [-0.15, -0.1) is 0 Å². The maximum Gasteiger partial charge on any atom is 0.256 e. The Labute approximate surface area is 540 Å². The fourth-order valence-corrected chi connectivity index (χ4v) is 15.4. The summed E-state index contributed by atoms with van der Waals surface area (Å²) in [4.78, 5) is 9.59. The SMILES string of the molecule is c1ccc(N(c2ccccc2)c2cc3c4c(c2)N(c2ccccc2)c2ccccc2B4c2cc4c(c(-c5ccccc5-n5c6ccccc6c6ccccc65)c2O3)Oc2cc(N(c3ccccc3)c3ccccc3)cc3c2B4c2ccccc2N3c2ccccc2)cc1. The predicted octanol–water partition coefficient (Wildman–Crippen LogP) is 18.2. The molecule has 9 heteroatoms. The standard InChI is InChI=1S/C84H55B2N5O2/c1-7-29-56(30-8-1)87(57-31-9-2-10-32-57)62-51-76-81-78(53-62)92-83-69(85(81)67-44-22-27-49-74(67)89(76)60-37-15-5-16-38-60)55-70-84(80(83)66-43-21-26-48-73(66)91-71-46-24-19-41-64(71)65-42-20-25-47-72(65)91)93-79-54-63(88(58-33-11-3-12-34-58)59-35-13-4-14-36-59)52-77-82(79)86(70)68-45-23-28-50-75(68)90(77)61-39-17-6-18-40-61/h1-55H. The fourth-order valence-electron chi connectivity index (χ4n) is 15.4. The van der Waals surface area contributed by atoms with Crippen molar-refractivity contribution in [3.63, 3.8) is 0 Å². The largest absolute Gasteiger partial charge is 0.457 e. The van der Waals surface area contributed by atoms with Crippen LogP contribution in [0.5, 0.6) is 23.0 Å². The van der Waals surface area contributed by atoms with E-state index in [4.69, 9.17) is 9.47 Å². The van der Waals surface area contributed by atoms with Gasteiger partial charge in [0.05, 0.1) is 33.7 Å². The van der Waals surface area contributed by atoms with Crippen molar-refractivity contribution in [2.45, 2.75) is 0 Å². The van der Waals surface area contributed by atoms with E-state index < -0.39 is 0 Å². The van der Waals surface area contributed by atoms with Gasteiger partial charge in [0.1, 0.15) is 23.0 Å². The third-order valence-corrected chi connectivity index (χ3v) is 19.2. The topological polar surface area (TPSA) is 36.4 Å². The van der Waals surface area contributed by atoms with E-state index in [-0.39, 0.29) is 13.4 Å². The minimum absolute atomic E-state index is 0.288. The summed E-state index contributed by atoms with van der Waals surface area (Å²) in [6.07, 6.45) is 0. The smallest absolute Gasteiger partial charge is 0.256 e. The van der Waals surface area contributed by atoms with Crippen molar-refractivity contribution in [2.75, 3.05) is 19.6 Å². The minimum Gasteiger partial charge on any atom is -0.457 e. The summed E-state index contributed by atoms with van der Waals surface area (Å²) in [7, 11) is 0. The Morgan fingerprint density at radius 1 is 0.269 bits per heavy atom. The average Bonchev–Trinajstić information content (AvgIpc) is 1.00. The highest BCUT2D eigenvalue weighted by Crippen LogP contribution is 2.53. The molecule has 0 atom stereocenters. The summed E-state index contributed by atoms with van der Waals surface area (Å²) in [6.45, 7) is -0.577. The van der Waals surface area contributed by atoms with Crippen LogP contribution in [0, 0.1) is 0 Å². The van der Waals surface area contributed by atoms with Crippen LogP contribution in [0.1, 0.15) is 0 Å². The number of hydrogen-bond donors (Lipinski definition) is 0. The van der Waals surface area contributed by atoms with Gasteiger partial charge in [0, 0.05) is 85.3 Å². The molecule has 0 N–H and O–H groups in total. The molecule has 19 rings (SSSR count). The zero-order valence-corrected chi connectivity index (χ0v) is 50.5. The van der Waals surface area contributed by atoms with Crippen molar-refractivity contribution in [1.29, 1.82) is 0 Å². The third kappa shape index (κ3) is 8.20. The van der Waals surface area contributed by atoms with E-state index in [9.17, 15) is 0 Å². The molecular formula is C84H55B2N5O2. The molecule has 0 fully saturated rings. The zero-order valence-electron chi connectivity index (χ0n) is 50.5. The van der Waals surface area contributed by atoms with Gasteiger partial charge in [-0.05, 0) is 148 Å². The monoisotopic (exact) mass is 1190 g/mol. The summed E-state index contributed by atoms with van der Waals surface area (Å²) >= 11 is 0. The highest BCUT2D eigenvalue weighted by Gasteiger charge is 2.49. The molecule has 0 saturated carbocycles. The summed E-state index contributed by atoms with van der Waals surface area (Å²) in [5.41, 5.74) is 24.2. The van der Waals surface area contributed by atoms with E-state index in [1.54, 1.807) is 0 Å². The lowest BCUT2D eigenvalue weighted by Gasteiger charge is -2.43. The predicted molar refractivity (Wildman–Crippen MR) is 387 cm³/mol. The second-order valence-corrected chi connectivity index (χ2v) is 24.3. The van der Waals surface area contributed by atoms with E-state index in [0.717, 1.165) is 141 Å². The van der Waals surface area contributed by atoms with Crippen LogP contribution < -0.4 is 61.9 Å². The van der Waals surface area contributed by atoms with Crippen LogP contribution in [0.15, 0.2) is 334 Å². The molecule has 14 aromatic carbocycles. The van der Waals surface area contributed by atoms with Crippen LogP contribution in [0.25, 0.3) is 38.6 Å². The van der Waals surface area contributed by atoms with Gasteiger partial charge in [0.25, 0.3) is 13.4 Å². The van der Waals surface area contributed by atoms with Crippen molar-refractivity contribution in [3.8, 4) is 39.8 Å². The Bertz CT molecular complexity index is 5050. The normalized spacial score (nSPS) is 12.8. The van der Waals surface area contributed by atoms with Crippen LogP contribution in [-0.2, 0) is 0 Å². The van der Waals surface area contributed by atoms with Crippen molar-refractivity contribution in [3.05, 3.63) is 334 Å². The molecule has 434 valence electrons. The highest BCUT2D eigenvalue weighted by atomic mass is 16.5. The molecule has 7 nitrogen and oxygen atoms in total. The molecule has 0 radical (unpaired) electrons. The van der Waals surface area contributed by atoms with Crippen molar-refractivity contribution in [2.24, 2.45) is 0 Å². The maximum absolute atomic E-state index is 8.14. The molecule has 15 aromatic rings. The number of fused-ring (bicyclic) bond motifs is 11. The second-order valence-electron chi connectivity index (χ2n) is 24.3. The van der Waals surface area contributed by atoms with Crippen molar-refractivity contribution in [1.82, 2.24) is 4.57 Å². The zero-order chi connectivity index (χ0) is 61.1. The lowest BCUT2D eigenvalue weighted by molar-refractivity contribution is 0.469. The first kappa shape index (κ1) is 52.7. The first-order valence-corrected chi connectivity index (χ1v) is 31.9. The molecule has 5 heterocycles. The van der Waals surface area contributed by atoms with Gasteiger partial charge in [0.2, 0.25) is 0 Å². The average molecular weight is 1190 g/mol. The lowest BCUT2D eigenvalue weighted by atomic mass is 9.30. The summed E-state index contributed by atoms with van der Waals surface area (Å²) in [5, 5.41) is 2.36. The molecule has 0 spiro atoms. The number of anilines is 12. The van der Waals surface area contributed by atoms with Gasteiger partial charge in [-0.25, -0.2) is 0 Å². The Morgan fingerprint density at radius 2 is 0.613 bits per heavy atom. The van der Waals surface area contributed by atoms with E-state index in [1.807, 2.05) is 0 Å². The highest BCUT2D eigenvalue weighted by molar-refractivity contribution is 7.02. The van der Waals surface area contributed by atoms with Crippen LogP contribution in [0.2, 0.25) is 0 Å². The summed E-state index contributed by atoms with van der Waals surface area (Å²) in [6, 6.07) is 121. The lowest BCUT2D eigenvalue weighted by Crippen LogP contribution is -2.63. The first-order valence-electron chi connectivity index (χ1n) is 31.9. The van der Waals surface area contributed by atoms with Crippen LogP contribution in [0.3, 0.4) is 0 Å². The molecular weight excluding hydrogens is 1130 g/mol. The second kappa shape index (κ2) is 21.2. The third-order valence-electron chi connectivity index (χ3n) is 19.2. The number of aromatic nitrogens is 1. The molecule has 1 aromatic heterocycles. The molecule has 4 aliphatic rings. The van der Waals surface area contributed by atoms with Crippen LogP contribution >= 0.6 is 0 Å². The van der Waals surface area contributed by atoms with Crippen molar-refractivity contribution < 1.29 is 9.47 Å². The first-order chi connectivity index (χ1) is 46.2. The van der Waals surface area contributed by atoms with Gasteiger partial charge in [-0.1, -0.05) is 206 Å². The molecule has 0 aliphatic carbocycles. The quantitative estimate of drug-likeness (QED) is 0.127. The van der Waals surface area contributed by atoms with Gasteiger partial charge in [0.15, 0.2) is 0 Å². The summed E-state index contributed by atoms with van der Waals surface area (Å²) in [5.74, 6) is 3.04. The van der Waals surface area contributed by atoms with Gasteiger partial charge in [-0.2, -0.15) is 0 Å². The molecule has 4 aliphatic heterocycles. The van der Waals surface area contributed by atoms with E-state index in [1.165, 1.54) is 21.7 Å². The van der Waals surface area contributed by atoms with Crippen molar-refractivity contribution >= 4 is 136 Å². The molecule has 0 bridgehead atoms. The molecule has 0 amide bonds. The Hall–Kier alpha value is -12.2. The van der Waals surface area contributed by atoms with Gasteiger partial charge in [-0.3, -0.25) is 0 Å². The maximum atomic E-state index is 8.14. The van der Waals surface area contributed by atoms with Crippen LogP contribution in [0.4, 0.5) is 68.2 Å². The fraction of sp³-hybridized carbons (Fsp3) is 0. The number of ether oxygens (including phenoxy) is 2. The number of rotatable bonds is 10. The number of nitrogens with zero attached hydrogens (tertiary/aromatic N) is 5. The Balaban J connectivity index is 0.943. The van der Waals surface area contributed by atoms with E-state index in [0.29, 0.717) is 0 Å². The Morgan fingerprint density at radius 3 is 1.03 bits per heavy atom. The van der Waals surface area contributed by atoms with Gasteiger partial charge < -0.3 is 33.6 Å². The number of para-hydroxylation sites is 11. The molecule has 93 heavy (non-hydrogen) atoms. The molecule has 0 saturated heterocycles. The van der Waals surface area contributed by atoms with Gasteiger partial charge >= 0.3 is 0 Å². The Kier molecular flexibility index (Phi) is 12.0. The number of benzene rings is 14. The number of hydrogen-bond acceptors (Lipinski definition) is 6.